The molecule has 0 spiro atoms. The predicted octanol–water partition coefficient (Wildman–Crippen LogP) is 3.97. The molecule has 0 saturated carbocycles. The van der Waals surface area contributed by atoms with Gasteiger partial charge in [0, 0.05) is 13.1 Å². The Hall–Kier alpha value is -3.92. The van der Waals surface area contributed by atoms with Gasteiger partial charge < -0.3 is 15.0 Å². The number of anilines is 1. The average Bonchev–Trinajstić information content (AvgIpc) is 2.92. The number of hydrogen-bond donors (Lipinski definition) is 1. The maximum absolute atomic E-state index is 13.9. The second-order valence-electron chi connectivity index (χ2n) is 8.49. The van der Waals surface area contributed by atoms with Crippen LogP contribution in [0.25, 0.3) is 0 Å². The van der Waals surface area contributed by atoms with Crippen molar-refractivity contribution in [3.05, 3.63) is 90.2 Å². The summed E-state index contributed by atoms with van der Waals surface area (Å²) < 4.78 is 47.1. The average molecular weight is 542 g/mol. The van der Waals surface area contributed by atoms with E-state index >= 15 is 0 Å². The summed E-state index contributed by atoms with van der Waals surface area (Å²) >= 11 is 0. The van der Waals surface area contributed by atoms with Crippen LogP contribution in [0.5, 0.6) is 5.75 Å². The molecule has 0 aliphatic heterocycles. The Bertz CT molecular complexity index is 1330. The van der Waals surface area contributed by atoms with E-state index in [0.717, 1.165) is 28.6 Å². The van der Waals surface area contributed by atoms with Gasteiger partial charge in [0.1, 0.15) is 24.2 Å². The minimum Gasteiger partial charge on any atom is -0.497 e. The minimum atomic E-state index is -4.25. The van der Waals surface area contributed by atoms with Crippen molar-refractivity contribution < 1.29 is 27.1 Å². The first kappa shape index (κ1) is 28.6. The Morgan fingerprint density at radius 1 is 0.974 bits per heavy atom. The fraction of sp³-hybridized carbons (Fsp3) is 0.286. The monoisotopic (exact) mass is 541 g/mol. The van der Waals surface area contributed by atoms with Crippen LogP contribution < -0.4 is 14.4 Å². The fourth-order valence-electron chi connectivity index (χ4n) is 4.04. The van der Waals surface area contributed by atoms with Crippen molar-refractivity contribution in [3.8, 4) is 5.75 Å². The van der Waals surface area contributed by atoms with Gasteiger partial charge in [0.05, 0.1) is 17.7 Å². The third-order valence-electron chi connectivity index (χ3n) is 5.95. The first-order chi connectivity index (χ1) is 18.2. The van der Waals surface area contributed by atoms with E-state index in [1.54, 1.807) is 68.4 Å². The molecule has 38 heavy (non-hydrogen) atoms. The Labute approximate surface area is 223 Å². The number of sulfonamides is 1. The number of carbonyl (C=O) groups excluding carboxylic acids is 2. The summed E-state index contributed by atoms with van der Waals surface area (Å²) in [7, 11) is -2.72. The summed E-state index contributed by atoms with van der Waals surface area (Å²) in [5.74, 6) is -0.895. The molecule has 3 rings (SSSR count). The predicted molar refractivity (Wildman–Crippen MR) is 144 cm³/mol. The molecule has 0 aromatic heterocycles. The number of halogens is 1. The van der Waals surface area contributed by atoms with Crippen LogP contribution in [0.2, 0.25) is 0 Å². The van der Waals surface area contributed by atoms with Crippen molar-refractivity contribution in [1.82, 2.24) is 10.2 Å². The highest BCUT2D eigenvalue weighted by molar-refractivity contribution is 7.92. The highest BCUT2D eigenvalue weighted by atomic mass is 32.2. The molecule has 0 fully saturated rings. The molecule has 0 bridgehead atoms. The summed E-state index contributed by atoms with van der Waals surface area (Å²) in [6.45, 7) is 3.45. The van der Waals surface area contributed by atoms with Gasteiger partial charge in [-0.25, -0.2) is 12.8 Å². The van der Waals surface area contributed by atoms with Crippen molar-refractivity contribution >= 4 is 27.5 Å². The molecule has 10 heteroatoms. The van der Waals surface area contributed by atoms with Crippen LogP contribution in [0.15, 0.2) is 83.8 Å². The molecule has 3 aromatic carbocycles. The Balaban J connectivity index is 2.04. The van der Waals surface area contributed by atoms with Crippen LogP contribution >= 0.6 is 0 Å². The number of ether oxygens (including phenoxy) is 1. The van der Waals surface area contributed by atoms with Gasteiger partial charge in [-0.1, -0.05) is 37.3 Å². The zero-order valence-electron chi connectivity index (χ0n) is 21.6. The van der Waals surface area contributed by atoms with Gasteiger partial charge in [-0.3, -0.25) is 13.9 Å². The van der Waals surface area contributed by atoms with E-state index in [4.69, 9.17) is 4.74 Å². The highest BCUT2D eigenvalue weighted by Crippen LogP contribution is 2.25. The van der Waals surface area contributed by atoms with Gasteiger partial charge in [0.15, 0.2) is 0 Å². The Kier molecular flexibility index (Phi) is 9.84. The number of carbonyl (C=O) groups is 2. The van der Waals surface area contributed by atoms with E-state index in [-0.39, 0.29) is 23.0 Å². The van der Waals surface area contributed by atoms with Crippen LogP contribution in [-0.2, 0) is 26.2 Å². The largest absolute Gasteiger partial charge is 0.497 e. The van der Waals surface area contributed by atoms with Crippen molar-refractivity contribution in [3.63, 3.8) is 0 Å². The second-order valence-corrected chi connectivity index (χ2v) is 10.4. The molecular weight excluding hydrogens is 509 g/mol. The van der Waals surface area contributed by atoms with Crippen LogP contribution in [0, 0.1) is 5.82 Å². The number of methoxy groups -OCH3 is 1. The van der Waals surface area contributed by atoms with Crippen LogP contribution in [-0.4, -0.2) is 51.4 Å². The molecule has 3 aromatic rings. The van der Waals surface area contributed by atoms with E-state index in [0.29, 0.717) is 24.3 Å². The number of likely N-dealkylation sites (N-methyl/N-ethyl adjacent to an activating group) is 1. The van der Waals surface area contributed by atoms with Crippen molar-refractivity contribution in [2.75, 3.05) is 24.5 Å². The quantitative estimate of drug-likeness (QED) is 0.374. The standard InChI is InChI=1S/C28H32FN3O5S/c1-4-26(28(34)30-5-2)31(19-21-10-9-13-24(18-21)37-3)27(33)20-32(23-11-7-6-8-12-23)38(35,36)25-16-14-22(29)15-17-25/h6-18,26H,4-5,19-20H2,1-3H3,(H,30,34)/t26-/m1/s1. The molecular formula is C28H32FN3O5S. The lowest BCUT2D eigenvalue weighted by atomic mass is 10.1. The Morgan fingerprint density at radius 2 is 1.66 bits per heavy atom. The highest BCUT2D eigenvalue weighted by Gasteiger charge is 2.33. The molecule has 0 unspecified atom stereocenters. The fourth-order valence-corrected chi connectivity index (χ4v) is 5.45. The number of benzene rings is 3. The first-order valence-electron chi connectivity index (χ1n) is 12.2. The number of nitrogens with zero attached hydrogens (tertiary/aromatic N) is 2. The number of amides is 2. The van der Waals surface area contributed by atoms with Crippen molar-refractivity contribution in [1.29, 1.82) is 0 Å². The summed E-state index contributed by atoms with van der Waals surface area (Å²) in [5, 5.41) is 2.76. The van der Waals surface area contributed by atoms with Crippen LogP contribution in [0.3, 0.4) is 0 Å². The molecule has 0 radical (unpaired) electrons. The molecule has 1 N–H and O–H groups in total. The lowest BCUT2D eigenvalue weighted by Crippen LogP contribution is -2.52. The van der Waals surface area contributed by atoms with Gasteiger partial charge in [-0.05, 0) is 67.4 Å². The van der Waals surface area contributed by atoms with E-state index in [2.05, 4.69) is 5.32 Å². The second kappa shape index (κ2) is 13.0. The summed E-state index contributed by atoms with van der Waals surface area (Å²) in [5.41, 5.74) is 0.977. The zero-order chi connectivity index (χ0) is 27.7. The normalized spacial score (nSPS) is 11.9. The van der Waals surface area contributed by atoms with E-state index in [1.165, 1.54) is 12.0 Å². The van der Waals surface area contributed by atoms with E-state index in [9.17, 15) is 22.4 Å². The lowest BCUT2D eigenvalue weighted by Gasteiger charge is -2.33. The molecule has 0 saturated heterocycles. The van der Waals surface area contributed by atoms with E-state index in [1.807, 2.05) is 0 Å². The summed E-state index contributed by atoms with van der Waals surface area (Å²) in [6, 6.07) is 18.9. The van der Waals surface area contributed by atoms with Gasteiger partial charge in [0.2, 0.25) is 11.8 Å². The van der Waals surface area contributed by atoms with Crippen LogP contribution in [0.1, 0.15) is 25.8 Å². The third kappa shape index (κ3) is 6.89. The number of hydrogen-bond acceptors (Lipinski definition) is 5. The van der Waals surface area contributed by atoms with E-state index < -0.39 is 34.3 Å². The maximum Gasteiger partial charge on any atom is 0.264 e. The topological polar surface area (TPSA) is 96.0 Å². The lowest BCUT2D eigenvalue weighted by molar-refractivity contribution is -0.140. The molecule has 0 aliphatic carbocycles. The van der Waals surface area contributed by atoms with Crippen molar-refractivity contribution in [2.45, 2.75) is 37.8 Å². The minimum absolute atomic E-state index is 0.0604. The molecule has 202 valence electrons. The van der Waals surface area contributed by atoms with Crippen molar-refractivity contribution in [2.24, 2.45) is 0 Å². The number of nitrogens with one attached hydrogen (secondary N) is 1. The zero-order valence-corrected chi connectivity index (χ0v) is 22.4. The SMILES string of the molecule is CCNC(=O)[C@@H](CC)N(Cc1cccc(OC)c1)C(=O)CN(c1ccccc1)S(=O)(=O)c1ccc(F)cc1. The first-order valence-corrected chi connectivity index (χ1v) is 13.7. The molecule has 2 amide bonds. The van der Waals surface area contributed by atoms with Gasteiger partial charge in [0.25, 0.3) is 10.0 Å². The molecule has 8 nitrogen and oxygen atoms in total. The Morgan fingerprint density at radius 3 is 2.26 bits per heavy atom. The number of rotatable bonds is 12. The molecule has 1 atom stereocenters. The summed E-state index contributed by atoms with van der Waals surface area (Å²) in [6.07, 6.45) is 0.317. The summed E-state index contributed by atoms with van der Waals surface area (Å²) in [4.78, 5) is 28.0. The molecule has 0 heterocycles. The number of para-hydroxylation sites is 1. The smallest absolute Gasteiger partial charge is 0.264 e. The maximum atomic E-state index is 13.9. The third-order valence-corrected chi connectivity index (χ3v) is 7.74. The van der Waals surface area contributed by atoms with Gasteiger partial charge in [-0.15, -0.1) is 0 Å². The molecule has 0 aliphatic rings. The van der Waals surface area contributed by atoms with Gasteiger partial charge in [-0.2, -0.15) is 0 Å². The van der Waals surface area contributed by atoms with Gasteiger partial charge >= 0.3 is 0 Å². The van der Waals surface area contributed by atoms with Crippen LogP contribution in [0.4, 0.5) is 10.1 Å².